The van der Waals surface area contributed by atoms with Gasteiger partial charge in [-0.1, -0.05) is 6.07 Å². The van der Waals surface area contributed by atoms with Crippen LogP contribution >= 0.6 is 11.8 Å². The topological polar surface area (TPSA) is 21.3 Å². The number of rotatable bonds is 8. The van der Waals surface area contributed by atoms with Crippen LogP contribution in [-0.2, 0) is 4.74 Å². The van der Waals surface area contributed by atoms with Gasteiger partial charge in [0.05, 0.1) is 6.61 Å². The Hall–Kier alpha value is -0.580. The molecule has 90 valence electrons. The van der Waals surface area contributed by atoms with Crippen molar-refractivity contribution >= 4 is 11.8 Å². The SMILES string of the molecule is CCOCCNCCSc1cccc(F)c1. The van der Waals surface area contributed by atoms with Gasteiger partial charge in [-0.05, 0) is 25.1 Å². The summed E-state index contributed by atoms with van der Waals surface area (Å²) in [5.74, 6) is 0.768. The highest BCUT2D eigenvalue weighted by atomic mass is 32.2. The van der Waals surface area contributed by atoms with Crippen molar-refractivity contribution in [3.05, 3.63) is 30.1 Å². The Balaban J connectivity index is 2.03. The molecule has 0 fully saturated rings. The van der Waals surface area contributed by atoms with Gasteiger partial charge in [0.15, 0.2) is 0 Å². The van der Waals surface area contributed by atoms with E-state index in [0.29, 0.717) is 0 Å². The van der Waals surface area contributed by atoms with Crippen molar-refractivity contribution in [2.45, 2.75) is 11.8 Å². The Labute approximate surface area is 101 Å². The fourth-order valence-electron chi connectivity index (χ4n) is 1.21. The first-order valence-electron chi connectivity index (χ1n) is 5.49. The minimum atomic E-state index is -0.172. The van der Waals surface area contributed by atoms with Gasteiger partial charge >= 0.3 is 0 Å². The van der Waals surface area contributed by atoms with Crippen LogP contribution in [0.15, 0.2) is 29.2 Å². The largest absolute Gasteiger partial charge is 0.380 e. The monoisotopic (exact) mass is 243 g/mol. The molecule has 0 aliphatic carbocycles. The minimum absolute atomic E-state index is 0.172. The molecule has 0 aliphatic rings. The molecule has 1 aromatic rings. The van der Waals surface area contributed by atoms with Gasteiger partial charge in [0.1, 0.15) is 5.82 Å². The Morgan fingerprint density at radius 3 is 3.00 bits per heavy atom. The average Bonchev–Trinajstić information content (AvgIpc) is 2.28. The summed E-state index contributed by atoms with van der Waals surface area (Å²) >= 11 is 1.66. The molecule has 0 spiro atoms. The molecule has 0 saturated heterocycles. The Morgan fingerprint density at radius 1 is 1.38 bits per heavy atom. The van der Waals surface area contributed by atoms with Crippen molar-refractivity contribution in [3.8, 4) is 0 Å². The van der Waals surface area contributed by atoms with Gasteiger partial charge in [-0.3, -0.25) is 0 Å². The molecule has 16 heavy (non-hydrogen) atoms. The molecule has 0 atom stereocenters. The molecule has 0 aliphatic heterocycles. The highest BCUT2D eigenvalue weighted by molar-refractivity contribution is 7.99. The molecule has 0 bridgehead atoms. The van der Waals surface area contributed by atoms with E-state index >= 15 is 0 Å². The van der Waals surface area contributed by atoms with Gasteiger partial charge in [0, 0.05) is 30.3 Å². The van der Waals surface area contributed by atoms with E-state index in [2.05, 4.69) is 5.32 Å². The number of benzene rings is 1. The zero-order chi connectivity index (χ0) is 11.6. The van der Waals surface area contributed by atoms with Crippen LogP contribution in [-0.4, -0.2) is 32.1 Å². The third-order valence-corrected chi connectivity index (χ3v) is 2.97. The molecular weight excluding hydrogens is 225 g/mol. The molecule has 0 heterocycles. The maximum absolute atomic E-state index is 12.8. The third kappa shape index (κ3) is 6.10. The van der Waals surface area contributed by atoms with E-state index in [4.69, 9.17) is 4.74 Å². The van der Waals surface area contributed by atoms with Crippen LogP contribution in [0.2, 0.25) is 0 Å². The van der Waals surface area contributed by atoms with Gasteiger partial charge in [0.25, 0.3) is 0 Å². The van der Waals surface area contributed by atoms with Gasteiger partial charge in [-0.25, -0.2) is 4.39 Å². The van der Waals surface area contributed by atoms with Crippen molar-refractivity contribution in [2.75, 3.05) is 32.1 Å². The lowest BCUT2D eigenvalue weighted by molar-refractivity contribution is 0.150. The smallest absolute Gasteiger partial charge is 0.124 e. The van der Waals surface area contributed by atoms with Gasteiger partial charge in [0.2, 0.25) is 0 Å². The van der Waals surface area contributed by atoms with E-state index in [9.17, 15) is 4.39 Å². The first kappa shape index (κ1) is 13.5. The predicted octanol–water partition coefficient (Wildman–Crippen LogP) is 2.54. The summed E-state index contributed by atoms with van der Waals surface area (Å²) in [6.45, 7) is 5.28. The predicted molar refractivity (Wildman–Crippen MR) is 66.5 cm³/mol. The van der Waals surface area contributed by atoms with E-state index in [-0.39, 0.29) is 5.82 Å². The number of hydrogen-bond donors (Lipinski definition) is 1. The second-order valence-electron chi connectivity index (χ2n) is 3.25. The first-order valence-corrected chi connectivity index (χ1v) is 6.48. The molecule has 0 amide bonds. The van der Waals surface area contributed by atoms with Crippen LogP contribution in [0.5, 0.6) is 0 Å². The van der Waals surface area contributed by atoms with Crippen molar-refractivity contribution in [1.82, 2.24) is 5.32 Å². The molecule has 0 saturated carbocycles. The summed E-state index contributed by atoms with van der Waals surface area (Å²) in [5.41, 5.74) is 0. The fourth-order valence-corrected chi connectivity index (χ4v) is 2.06. The number of thioether (sulfide) groups is 1. The van der Waals surface area contributed by atoms with Crippen molar-refractivity contribution in [3.63, 3.8) is 0 Å². The first-order chi connectivity index (χ1) is 7.83. The Bertz CT molecular complexity index is 296. The molecule has 1 aromatic carbocycles. The summed E-state index contributed by atoms with van der Waals surface area (Å²) < 4.78 is 18.0. The second-order valence-corrected chi connectivity index (χ2v) is 4.42. The zero-order valence-electron chi connectivity index (χ0n) is 9.54. The molecule has 0 radical (unpaired) electrons. The van der Waals surface area contributed by atoms with Crippen LogP contribution in [0.25, 0.3) is 0 Å². The Kier molecular flexibility index (Phi) is 7.21. The lowest BCUT2D eigenvalue weighted by Gasteiger charge is -2.04. The van der Waals surface area contributed by atoms with E-state index in [1.165, 1.54) is 6.07 Å². The zero-order valence-corrected chi connectivity index (χ0v) is 10.4. The molecule has 2 nitrogen and oxygen atoms in total. The number of halogens is 1. The number of hydrogen-bond acceptors (Lipinski definition) is 3. The summed E-state index contributed by atoms with van der Waals surface area (Å²) in [7, 11) is 0. The lowest BCUT2D eigenvalue weighted by atomic mass is 10.4. The van der Waals surface area contributed by atoms with Crippen molar-refractivity contribution < 1.29 is 9.13 Å². The highest BCUT2D eigenvalue weighted by Gasteiger charge is 1.95. The molecule has 0 unspecified atom stereocenters. The minimum Gasteiger partial charge on any atom is -0.380 e. The summed E-state index contributed by atoms with van der Waals surface area (Å²) in [6, 6.07) is 6.68. The lowest BCUT2D eigenvalue weighted by Crippen LogP contribution is -2.22. The molecule has 0 aromatic heterocycles. The van der Waals surface area contributed by atoms with E-state index in [0.717, 1.165) is 37.0 Å². The van der Waals surface area contributed by atoms with Crippen LogP contribution in [0.3, 0.4) is 0 Å². The van der Waals surface area contributed by atoms with Gasteiger partial charge < -0.3 is 10.1 Å². The maximum atomic E-state index is 12.8. The average molecular weight is 243 g/mol. The maximum Gasteiger partial charge on any atom is 0.124 e. The normalized spacial score (nSPS) is 10.6. The summed E-state index contributed by atoms with van der Waals surface area (Å²) in [5, 5.41) is 3.27. The van der Waals surface area contributed by atoms with E-state index in [1.807, 2.05) is 13.0 Å². The van der Waals surface area contributed by atoms with Crippen LogP contribution in [0.1, 0.15) is 6.92 Å². The standard InChI is InChI=1S/C12H18FNOS/c1-2-15-8-6-14-7-9-16-12-5-3-4-11(13)10-12/h3-5,10,14H,2,6-9H2,1H3. The molecule has 1 rings (SSSR count). The van der Waals surface area contributed by atoms with Gasteiger partial charge in [-0.15, -0.1) is 11.8 Å². The quantitative estimate of drug-likeness (QED) is 0.560. The van der Waals surface area contributed by atoms with E-state index < -0.39 is 0 Å². The van der Waals surface area contributed by atoms with Crippen LogP contribution in [0, 0.1) is 5.82 Å². The van der Waals surface area contributed by atoms with Crippen LogP contribution < -0.4 is 5.32 Å². The molecular formula is C12H18FNOS. The Morgan fingerprint density at radius 2 is 2.25 bits per heavy atom. The van der Waals surface area contributed by atoms with Crippen molar-refractivity contribution in [1.29, 1.82) is 0 Å². The summed E-state index contributed by atoms with van der Waals surface area (Å²) in [4.78, 5) is 0.978. The number of ether oxygens (including phenoxy) is 1. The third-order valence-electron chi connectivity index (χ3n) is 1.97. The number of nitrogens with one attached hydrogen (secondary N) is 1. The van der Waals surface area contributed by atoms with Gasteiger partial charge in [-0.2, -0.15) is 0 Å². The summed E-state index contributed by atoms with van der Waals surface area (Å²) in [6.07, 6.45) is 0. The second kappa shape index (κ2) is 8.56. The van der Waals surface area contributed by atoms with Crippen molar-refractivity contribution in [2.24, 2.45) is 0 Å². The van der Waals surface area contributed by atoms with Crippen LogP contribution in [0.4, 0.5) is 4.39 Å². The highest BCUT2D eigenvalue weighted by Crippen LogP contribution is 2.17. The molecule has 1 N–H and O–H groups in total. The fraction of sp³-hybridized carbons (Fsp3) is 0.500. The van der Waals surface area contributed by atoms with E-state index in [1.54, 1.807) is 23.9 Å². The molecule has 4 heteroatoms.